The first-order chi connectivity index (χ1) is 11.5. The number of esters is 1. The summed E-state index contributed by atoms with van der Waals surface area (Å²) in [4.78, 5) is 24.2. The molecule has 6 nitrogen and oxygen atoms in total. The molecular weight excluding hydrogens is 317 g/mol. The molecule has 0 heterocycles. The summed E-state index contributed by atoms with van der Waals surface area (Å²) in [5.74, 6) is -1.04. The van der Waals surface area contributed by atoms with Gasteiger partial charge in [-0.3, -0.25) is 4.79 Å². The van der Waals surface area contributed by atoms with Crippen molar-refractivity contribution in [3.05, 3.63) is 53.3 Å². The molecule has 0 aliphatic heterocycles. The summed E-state index contributed by atoms with van der Waals surface area (Å²) in [5.41, 5.74) is 0.250. The van der Waals surface area contributed by atoms with Crippen LogP contribution in [0.15, 0.2) is 36.4 Å². The second-order valence-corrected chi connectivity index (χ2v) is 4.68. The molecule has 0 bridgehead atoms. The fraction of sp³-hybridized carbons (Fsp3) is 0.176. The zero-order valence-electron chi connectivity index (χ0n) is 13.4. The maximum atomic E-state index is 12.9. The Balaban J connectivity index is 2.41. The lowest BCUT2D eigenvalue weighted by Gasteiger charge is -2.14. The average molecular weight is 333 g/mol. The Morgan fingerprint density at radius 3 is 2.08 bits per heavy atom. The Morgan fingerprint density at radius 1 is 0.958 bits per heavy atom. The maximum absolute atomic E-state index is 12.9. The number of hydrogen-bond acceptors (Lipinski definition) is 5. The van der Waals surface area contributed by atoms with Gasteiger partial charge in [0.05, 0.1) is 25.3 Å². The van der Waals surface area contributed by atoms with Crippen LogP contribution < -0.4 is 19.5 Å². The third-order valence-electron chi connectivity index (χ3n) is 3.24. The van der Waals surface area contributed by atoms with E-state index in [0.29, 0.717) is 11.5 Å². The monoisotopic (exact) mass is 333 g/mol. The van der Waals surface area contributed by atoms with Gasteiger partial charge in [-0.15, -0.1) is 0 Å². The first-order valence-electron chi connectivity index (χ1n) is 6.96. The van der Waals surface area contributed by atoms with Gasteiger partial charge in [0.15, 0.2) is 11.5 Å². The van der Waals surface area contributed by atoms with Gasteiger partial charge in [0, 0.05) is 19.2 Å². The molecule has 2 aromatic carbocycles. The Labute approximate surface area is 138 Å². The topological polar surface area (TPSA) is 73.9 Å². The zero-order chi connectivity index (χ0) is 17.7. The van der Waals surface area contributed by atoms with Crippen molar-refractivity contribution in [3.63, 3.8) is 0 Å². The van der Waals surface area contributed by atoms with E-state index < -0.39 is 17.7 Å². The summed E-state index contributed by atoms with van der Waals surface area (Å²) in [7, 11) is 4.29. The standard InChI is InChI=1S/C17H16FNO5/c1-19-16(20)12-8-14(22-2)15(23-3)9-13(12)24-17(21)10-4-6-11(18)7-5-10/h4-9H,1-3H3,(H,19,20). The van der Waals surface area contributed by atoms with Crippen molar-refractivity contribution in [1.29, 1.82) is 0 Å². The number of amides is 1. The molecule has 1 N–H and O–H groups in total. The molecule has 7 heteroatoms. The number of ether oxygens (including phenoxy) is 3. The van der Waals surface area contributed by atoms with Gasteiger partial charge in [0.25, 0.3) is 5.91 Å². The lowest BCUT2D eigenvalue weighted by atomic mass is 10.1. The van der Waals surface area contributed by atoms with E-state index in [9.17, 15) is 14.0 Å². The van der Waals surface area contributed by atoms with Gasteiger partial charge in [-0.2, -0.15) is 0 Å². The molecular formula is C17H16FNO5. The Bertz CT molecular complexity index is 758. The number of halogens is 1. The Hall–Kier alpha value is -3.09. The van der Waals surface area contributed by atoms with Crippen LogP contribution in [0.25, 0.3) is 0 Å². The van der Waals surface area contributed by atoms with E-state index in [2.05, 4.69) is 5.32 Å². The highest BCUT2D eigenvalue weighted by Gasteiger charge is 2.20. The quantitative estimate of drug-likeness (QED) is 0.672. The maximum Gasteiger partial charge on any atom is 0.343 e. The predicted molar refractivity (Wildman–Crippen MR) is 84.3 cm³/mol. The minimum absolute atomic E-state index is 0.00123. The van der Waals surface area contributed by atoms with Crippen LogP contribution in [0.1, 0.15) is 20.7 Å². The molecule has 24 heavy (non-hydrogen) atoms. The molecule has 0 aromatic heterocycles. The van der Waals surface area contributed by atoms with Crippen LogP contribution in [0.4, 0.5) is 4.39 Å². The number of methoxy groups -OCH3 is 2. The number of nitrogens with one attached hydrogen (secondary N) is 1. The van der Waals surface area contributed by atoms with Gasteiger partial charge in [0.2, 0.25) is 0 Å². The minimum Gasteiger partial charge on any atom is -0.493 e. The Kier molecular flexibility index (Phi) is 5.36. The first kappa shape index (κ1) is 17.3. The summed E-state index contributed by atoms with van der Waals surface area (Å²) in [5, 5.41) is 2.45. The minimum atomic E-state index is -0.729. The fourth-order valence-electron chi connectivity index (χ4n) is 2.00. The molecule has 0 unspecified atom stereocenters. The van der Waals surface area contributed by atoms with E-state index in [1.165, 1.54) is 45.5 Å². The normalized spacial score (nSPS) is 10.0. The molecule has 0 radical (unpaired) electrons. The summed E-state index contributed by atoms with van der Waals surface area (Å²) >= 11 is 0. The lowest BCUT2D eigenvalue weighted by molar-refractivity contribution is 0.0731. The average Bonchev–Trinajstić information content (AvgIpc) is 2.61. The van der Waals surface area contributed by atoms with E-state index in [-0.39, 0.29) is 16.9 Å². The third kappa shape index (κ3) is 3.62. The van der Waals surface area contributed by atoms with E-state index in [1.54, 1.807) is 0 Å². The fourth-order valence-corrected chi connectivity index (χ4v) is 2.00. The van der Waals surface area contributed by atoms with Crippen molar-refractivity contribution in [2.45, 2.75) is 0 Å². The number of carbonyl (C=O) groups excluding carboxylic acids is 2. The van der Waals surface area contributed by atoms with Gasteiger partial charge >= 0.3 is 5.97 Å². The van der Waals surface area contributed by atoms with Gasteiger partial charge in [0.1, 0.15) is 11.6 Å². The van der Waals surface area contributed by atoms with Crippen molar-refractivity contribution in [1.82, 2.24) is 5.32 Å². The van der Waals surface area contributed by atoms with Crippen molar-refractivity contribution >= 4 is 11.9 Å². The zero-order valence-corrected chi connectivity index (χ0v) is 13.4. The largest absolute Gasteiger partial charge is 0.493 e. The van der Waals surface area contributed by atoms with E-state index in [1.807, 2.05) is 0 Å². The van der Waals surface area contributed by atoms with Crippen LogP contribution in [0, 0.1) is 5.82 Å². The summed E-state index contributed by atoms with van der Waals surface area (Å²) in [6.07, 6.45) is 0. The molecule has 0 aliphatic rings. The highest BCUT2D eigenvalue weighted by atomic mass is 19.1. The predicted octanol–water partition coefficient (Wildman–Crippen LogP) is 2.42. The van der Waals surface area contributed by atoms with Crippen molar-refractivity contribution in [2.24, 2.45) is 0 Å². The van der Waals surface area contributed by atoms with Crippen LogP contribution in [-0.2, 0) is 0 Å². The lowest BCUT2D eigenvalue weighted by Crippen LogP contribution is -2.20. The SMILES string of the molecule is CNC(=O)c1cc(OC)c(OC)cc1OC(=O)c1ccc(F)cc1. The van der Waals surface area contributed by atoms with Crippen molar-refractivity contribution < 1.29 is 28.2 Å². The van der Waals surface area contributed by atoms with Gasteiger partial charge in [-0.1, -0.05) is 0 Å². The van der Waals surface area contributed by atoms with Crippen LogP contribution in [0.5, 0.6) is 17.2 Å². The summed E-state index contributed by atoms with van der Waals surface area (Å²) in [6.45, 7) is 0. The molecule has 0 saturated carbocycles. The molecule has 0 atom stereocenters. The number of benzene rings is 2. The van der Waals surface area contributed by atoms with Gasteiger partial charge in [-0.25, -0.2) is 9.18 Å². The van der Waals surface area contributed by atoms with Crippen molar-refractivity contribution in [2.75, 3.05) is 21.3 Å². The molecule has 0 saturated heterocycles. The van der Waals surface area contributed by atoms with Crippen LogP contribution >= 0.6 is 0 Å². The highest BCUT2D eigenvalue weighted by molar-refractivity contribution is 5.99. The van der Waals surface area contributed by atoms with Crippen LogP contribution in [-0.4, -0.2) is 33.1 Å². The summed E-state index contributed by atoms with van der Waals surface area (Å²) < 4.78 is 28.5. The molecule has 0 aliphatic carbocycles. The molecule has 126 valence electrons. The third-order valence-corrected chi connectivity index (χ3v) is 3.24. The second-order valence-electron chi connectivity index (χ2n) is 4.68. The van der Waals surface area contributed by atoms with Crippen LogP contribution in [0.2, 0.25) is 0 Å². The highest BCUT2D eigenvalue weighted by Crippen LogP contribution is 2.35. The smallest absolute Gasteiger partial charge is 0.343 e. The molecule has 0 spiro atoms. The van der Waals surface area contributed by atoms with Crippen molar-refractivity contribution in [3.8, 4) is 17.2 Å². The van der Waals surface area contributed by atoms with E-state index in [4.69, 9.17) is 14.2 Å². The number of rotatable bonds is 5. The Morgan fingerprint density at radius 2 is 1.54 bits per heavy atom. The van der Waals surface area contributed by atoms with Gasteiger partial charge < -0.3 is 19.5 Å². The number of carbonyl (C=O) groups is 2. The molecule has 2 aromatic rings. The second kappa shape index (κ2) is 7.45. The van der Waals surface area contributed by atoms with E-state index >= 15 is 0 Å². The van der Waals surface area contributed by atoms with Crippen LogP contribution in [0.3, 0.4) is 0 Å². The molecule has 1 amide bonds. The number of hydrogen-bond donors (Lipinski definition) is 1. The molecule has 2 rings (SSSR count). The summed E-state index contributed by atoms with van der Waals surface area (Å²) in [6, 6.07) is 7.65. The van der Waals surface area contributed by atoms with E-state index in [0.717, 1.165) is 12.1 Å². The molecule has 0 fully saturated rings. The first-order valence-corrected chi connectivity index (χ1v) is 6.96. The van der Waals surface area contributed by atoms with Gasteiger partial charge in [-0.05, 0) is 24.3 Å².